The van der Waals surface area contributed by atoms with Gasteiger partial charge in [0.1, 0.15) is 11.9 Å². The van der Waals surface area contributed by atoms with E-state index in [4.69, 9.17) is 11.6 Å². The Bertz CT molecular complexity index is 1210. The van der Waals surface area contributed by atoms with Gasteiger partial charge in [0.2, 0.25) is 5.24 Å². The van der Waals surface area contributed by atoms with Gasteiger partial charge in [0.05, 0.1) is 10.6 Å². The fourth-order valence-electron chi connectivity index (χ4n) is 3.70. The van der Waals surface area contributed by atoms with Crippen LogP contribution in [0.1, 0.15) is 11.1 Å². The monoisotopic (exact) mass is 429 g/mol. The molecule has 0 aromatic heterocycles. The normalized spacial score (nSPS) is 16.0. The van der Waals surface area contributed by atoms with Gasteiger partial charge in [-0.15, -0.1) is 0 Å². The van der Waals surface area contributed by atoms with E-state index >= 15 is 0 Å². The van der Waals surface area contributed by atoms with Crippen molar-refractivity contribution in [1.29, 1.82) is 0 Å². The molecule has 4 rings (SSSR count). The van der Waals surface area contributed by atoms with Crippen LogP contribution in [0.3, 0.4) is 0 Å². The third kappa shape index (κ3) is 3.43. The Morgan fingerprint density at radius 3 is 2.41 bits per heavy atom. The molecule has 148 valence electrons. The molecule has 4 nitrogen and oxygen atoms in total. The number of sulfonamides is 1. The summed E-state index contributed by atoms with van der Waals surface area (Å²) in [5.41, 5.74) is 3.56. The lowest BCUT2D eigenvalue weighted by atomic mass is 10.0. The van der Waals surface area contributed by atoms with Gasteiger partial charge in [-0.3, -0.25) is 9.10 Å². The van der Waals surface area contributed by atoms with E-state index < -0.39 is 21.3 Å². The zero-order valence-corrected chi connectivity index (χ0v) is 17.0. The van der Waals surface area contributed by atoms with Crippen LogP contribution in [0.15, 0.2) is 71.6 Å². The molecule has 3 aromatic carbocycles. The lowest BCUT2D eigenvalue weighted by Gasteiger charge is -2.24. The van der Waals surface area contributed by atoms with Gasteiger partial charge < -0.3 is 0 Å². The predicted molar refractivity (Wildman–Crippen MR) is 111 cm³/mol. The second-order valence-electron chi connectivity index (χ2n) is 6.94. The Morgan fingerprint density at radius 1 is 1.07 bits per heavy atom. The largest absolute Gasteiger partial charge is 0.279 e. The van der Waals surface area contributed by atoms with Crippen molar-refractivity contribution in [3.63, 3.8) is 0 Å². The van der Waals surface area contributed by atoms with Gasteiger partial charge in [0, 0.05) is 6.42 Å². The molecule has 29 heavy (non-hydrogen) atoms. The number of hydrogen-bond donors (Lipinski definition) is 0. The number of hydrogen-bond acceptors (Lipinski definition) is 3. The Balaban J connectivity index is 1.75. The fourth-order valence-corrected chi connectivity index (χ4v) is 5.58. The number of rotatable bonds is 4. The molecule has 0 fully saturated rings. The smallest absolute Gasteiger partial charge is 0.265 e. The summed E-state index contributed by atoms with van der Waals surface area (Å²) in [6, 6.07) is 16.8. The van der Waals surface area contributed by atoms with Crippen molar-refractivity contribution in [1.82, 2.24) is 0 Å². The van der Waals surface area contributed by atoms with Crippen molar-refractivity contribution >= 4 is 32.6 Å². The lowest BCUT2D eigenvalue weighted by Crippen LogP contribution is -2.41. The molecular formula is C22H17ClFNO3S. The van der Waals surface area contributed by atoms with Crippen molar-refractivity contribution in [2.24, 2.45) is 0 Å². The van der Waals surface area contributed by atoms with Crippen LogP contribution in [-0.2, 0) is 21.2 Å². The topological polar surface area (TPSA) is 54.5 Å². The predicted octanol–water partition coefficient (Wildman–Crippen LogP) is 4.69. The summed E-state index contributed by atoms with van der Waals surface area (Å²) < 4.78 is 41.1. The van der Waals surface area contributed by atoms with Gasteiger partial charge in [-0.2, -0.15) is 0 Å². The maximum absolute atomic E-state index is 13.4. The minimum Gasteiger partial charge on any atom is -0.279 e. The SMILES string of the molecule is Cc1cc(F)ccc1-c1ccc(S(=O)(=O)N2c3ccccc3C[C@H]2C(=O)Cl)cc1. The first-order valence-corrected chi connectivity index (χ1v) is 10.8. The van der Waals surface area contributed by atoms with Crippen LogP contribution in [0.4, 0.5) is 10.1 Å². The molecule has 0 aliphatic carbocycles. The van der Waals surface area contributed by atoms with E-state index in [2.05, 4.69) is 0 Å². The Morgan fingerprint density at radius 2 is 1.76 bits per heavy atom. The first-order chi connectivity index (χ1) is 13.8. The maximum Gasteiger partial charge on any atom is 0.265 e. The Labute approximate surface area is 173 Å². The Hall–Kier alpha value is -2.70. The van der Waals surface area contributed by atoms with Crippen LogP contribution >= 0.6 is 11.6 Å². The average Bonchev–Trinajstić information content (AvgIpc) is 3.09. The van der Waals surface area contributed by atoms with E-state index in [9.17, 15) is 17.6 Å². The summed E-state index contributed by atoms with van der Waals surface area (Å²) in [6.07, 6.45) is 0.241. The van der Waals surface area contributed by atoms with Crippen LogP contribution in [0.5, 0.6) is 0 Å². The molecule has 0 saturated heterocycles. The van der Waals surface area contributed by atoms with Crippen molar-refractivity contribution in [2.45, 2.75) is 24.3 Å². The van der Waals surface area contributed by atoms with E-state index in [1.54, 1.807) is 49.4 Å². The van der Waals surface area contributed by atoms with E-state index in [1.165, 1.54) is 24.3 Å². The first-order valence-electron chi connectivity index (χ1n) is 8.97. The number of anilines is 1. The molecule has 0 amide bonds. The highest BCUT2D eigenvalue weighted by Gasteiger charge is 2.41. The molecule has 1 heterocycles. The van der Waals surface area contributed by atoms with Crippen molar-refractivity contribution < 1.29 is 17.6 Å². The molecule has 0 spiro atoms. The molecular weight excluding hydrogens is 413 g/mol. The van der Waals surface area contributed by atoms with Gasteiger partial charge >= 0.3 is 0 Å². The average molecular weight is 430 g/mol. The highest BCUT2D eigenvalue weighted by molar-refractivity contribution is 7.93. The highest BCUT2D eigenvalue weighted by atomic mass is 35.5. The van der Waals surface area contributed by atoms with Gasteiger partial charge in [0.25, 0.3) is 10.0 Å². The van der Waals surface area contributed by atoms with Crippen LogP contribution in [0.25, 0.3) is 11.1 Å². The van der Waals surface area contributed by atoms with Crippen LogP contribution in [0, 0.1) is 12.7 Å². The third-order valence-corrected chi connectivity index (χ3v) is 7.19. The quantitative estimate of drug-likeness (QED) is 0.565. The second-order valence-corrected chi connectivity index (χ2v) is 9.12. The molecule has 7 heteroatoms. The van der Waals surface area contributed by atoms with E-state index in [1.807, 2.05) is 0 Å². The maximum atomic E-state index is 13.4. The van der Waals surface area contributed by atoms with Gasteiger partial charge in [-0.25, -0.2) is 12.8 Å². The third-order valence-electron chi connectivity index (χ3n) is 5.10. The number of para-hydroxylation sites is 1. The van der Waals surface area contributed by atoms with Gasteiger partial charge in [-0.05, 0) is 71.1 Å². The zero-order valence-electron chi connectivity index (χ0n) is 15.5. The second kappa shape index (κ2) is 7.28. The van der Waals surface area contributed by atoms with Gasteiger partial charge in [-0.1, -0.05) is 36.4 Å². The van der Waals surface area contributed by atoms with Crippen molar-refractivity contribution in [3.05, 3.63) is 83.7 Å². The number of carbonyl (C=O) groups is 1. The molecule has 0 bridgehead atoms. The number of benzene rings is 3. The number of halogens is 2. The molecule has 3 aromatic rings. The van der Waals surface area contributed by atoms with Gasteiger partial charge in [0.15, 0.2) is 0 Å². The summed E-state index contributed by atoms with van der Waals surface area (Å²) in [5, 5.41) is -0.719. The van der Waals surface area contributed by atoms with E-state index in [0.29, 0.717) is 5.69 Å². The summed E-state index contributed by atoms with van der Waals surface area (Å²) in [6.45, 7) is 1.79. The highest BCUT2D eigenvalue weighted by Crippen LogP contribution is 2.38. The number of aryl methyl sites for hydroxylation is 1. The molecule has 0 radical (unpaired) electrons. The van der Waals surface area contributed by atoms with Crippen molar-refractivity contribution in [3.8, 4) is 11.1 Å². The molecule has 1 aliphatic rings. The summed E-state index contributed by atoms with van der Waals surface area (Å²) >= 11 is 5.72. The number of carbonyl (C=O) groups excluding carboxylic acids is 1. The summed E-state index contributed by atoms with van der Waals surface area (Å²) in [5.74, 6) is -0.324. The standard InChI is InChI=1S/C22H17ClFNO3S/c1-14-12-17(24)8-11-19(14)15-6-9-18(10-7-15)29(27,28)25-20-5-3-2-4-16(20)13-21(25)22(23)26/h2-12,21H,13H2,1H3/t21-/m0/s1. The van der Waals surface area contributed by atoms with E-state index in [-0.39, 0.29) is 17.1 Å². The molecule has 0 saturated carbocycles. The molecule has 0 unspecified atom stereocenters. The van der Waals surface area contributed by atoms with Crippen LogP contribution < -0.4 is 4.31 Å². The Kier molecular flexibility index (Phi) is 4.92. The number of nitrogens with zero attached hydrogens (tertiary/aromatic N) is 1. The zero-order chi connectivity index (χ0) is 20.8. The molecule has 1 atom stereocenters. The van der Waals surface area contributed by atoms with Crippen LogP contribution in [0.2, 0.25) is 0 Å². The first kappa shape index (κ1) is 19.6. The fraction of sp³-hybridized carbons (Fsp3) is 0.136. The summed E-state index contributed by atoms with van der Waals surface area (Å²) in [7, 11) is -3.99. The van der Waals surface area contributed by atoms with Crippen LogP contribution in [-0.4, -0.2) is 19.7 Å². The molecule has 1 aliphatic heterocycles. The number of fused-ring (bicyclic) bond motifs is 1. The summed E-state index contributed by atoms with van der Waals surface area (Å²) in [4.78, 5) is 12.0. The van der Waals surface area contributed by atoms with Crippen molar-refractivity contribution in [2.75, 3.05) is 4.31 Å². The molecule has 0 N–H and O–H groups in total. The minimum atomic E-state index is -3.99. The van der Waals surface area contributed by atoms with E-state index in [0.717, 1.165) is 26.6 Å². The lowest BCUT2D eigenvalue weighted by molar-refractivity contribution is -0.112. The minimum absolute atomic E-state index is 0.0561.